The van der Waals surface area contributed by atoms with Crippen LogP contribution in [0.4, 0.5) is 17.6 Å². The lowest BCUT2D eigenvalue weighted by Gasteiger charge is -2.15. The second kappa shape index (κ2) is 4.12. The van der Waals surface area contributed by atoms with Crippen LogP contribution in [0.15, 0.2) is 42.0 Å². The molecule has 1 aromatic carbocycles. The normalized spacial score (nSPS) is 21.0. The molecule has 1 unspecified atom stereocenters. The van der Waals surface area contributed by atoms with Crippen LogP contribution >= 0.6 is 0 Å². The molecule has 1 atom stereocenters. The molecule has 0 amide bonds. The number of rotatable bonds is 1. The Morgan fingerprint density at radius 3 is 2.38 bits per heavy atom. The molecule has 0 aliphatic heterocycles. The number of benzene rings is 1. The van der Waals surface area contributed by atoms with Crippen LogP contribution in [-0.2, 0) is 0 Å². The molecular weight excluding hydrogens is 220 g/mol. The molecule has 0 aromatic heterocycles. The first kappa shape index (κ1) is 10.9. The summed E-state index contributed by atoms with van der Waals surface area (Å²) in [5.74, 6) is -3.26. The number of allylic oxidation sites excluding steroid dienone is 4. The first-order valence-corrected chi connectivity index (χ1v) is 4.74. The third kappa shape index (κ3) is 1.87. The molecule has 0 radical (unpaired) electrons. The summed E-state index contributed by atoms with van der Waals surface area (Å²) in [6.45, 7) is 0. The van der Waals surface area contributed by atoms with E-state index in [4.69, 9.17) is 0 Å². The highest BCUT2D eigenvalue weighted by Gasteiger charge is 2.25. The number of hydrogen-bond donors (Lipinski definition) is 0. The van der Waals surface area contributed by atoms with Crippen LogP contribution in [0, 0.1) is 5.82 Å². The monoisotopic (exact) mass is 228 g/mol. The van der Waals surface area contributed by atoms with Gasteiger partial charge in [-0.15, -0.1) is 0 Å². The Kier molecular flexibility index (Phi) is 2.81. The van der Waals surface area contributed by atoms with Crippen molar-refractivity contribution in [1.82, 2.24) is 0 Å². The van der Waals surface area contributed by atoms with Gasteiger partial charge in [-0.3, -0.25) is 0 Å². The van der Waals surface area contributed by atoms with E-state index in [1.165, 1.54) is 18.2 Å². The first-order chi connectivity index (χ1) is 7.59. The minimum absolute atomic E-state index is 0.104. The summed E-state index contributed by atoms with van der Waals surface area (Å²) in [4.78, 5) is 0. The van der Waals surface area contributed by atoms with Crippen molar-refractivity contribution in [3.8, 4) is 0 Å². The maximum atomic E-state index is 13.3. The van der Waals surface area contributed by atoms with Crippen LogP contribution in [0.5, 0.6) is 0 Å². The molecule has 0 fully saturated rings. The average Bonchev–Trinajstić information content (AvgIpc) is 2.26. The van der Waals surface area contributed by atoms with Crippen LogP contribution in [0.2, 0.25) is 0 Å². The van der Waals surface area contributed by atoms with E-state index in [9.17, 15) is 17.6 Å². The van der Waals surface area contributed by atoms with Gasteiger partial charge in [0.05, 0.1) is 0 Å². The van der Waals surface area contributed by atoms with E-state index in [0.29, 0.717) is 0 Å². The zero-order valence-corrected chi connectivity index (χ0v) is 8.18. The van der Waals surface area contributed by atoms with Crippen molar-refractivity contribution in [3.05, 3.63) is 53.4 Å². The lowest BCUT2D eigenvalue weighted by atomic mass is 9.95. The van der Waals surface area contributed by atoms with E-state index < -0.39 is 23.6 Å². The predicted octanol–water partition coefficient (Wildman–Crippen LogP) is 4.10. The van der Waals surface area contributed by atoms with Crippen LogP contribution in [0.25, 0.3) is 5.57 Å². The Bertz CT molecular complexity index is 474. The van der Waals surface area contributed by atoms with Gasteiger partial charge in [0.25, 0.3) is 0 Å². The highest BCUT2D eigenvalue weighted by atomic mass is 19.2. The number of halogens is 4. The van der Waals surface area contributed by atoms with Crippen molar-refractivity contribution in [2.45, 2.75) is 12.6 Å². The Morgan fingerprint density at radius 2 is 1.75 bits per heavy atom. The van der Waals surface area contributed by atoms with E-state index in [-0.39, 0.29) is 17.6 Å². The molecule has 2 rings (SSSR count). The molecule has 1 aliphatic carbocycles. The zero-order chi connectivity index (χ0) is 11.7. The second-order valence-corrected chi connectivity index (χ2v) is 3.52. The third-order valence-corrected chi connectivity index (χ3v) is 2.42. The quantitative estimate of drug-likeness (QED) is 0.635. The lowest BCUT2D eigenvalue weighted by molar-refractivity contribution is 0.314. The molecule has 16 heavy (non-hydrogen) atoms. The fourth-order valence-corrected chi connectivity index (χ4v) is 1.62. The second-order valence-electron chi connectivity index (χ2n) is 3.52. The SMILES string of the molecule is FC1=C(F)C(F)CC(c2ccccc2F)=C1. The van der Waals surface area contributed by atoms with E-state index in [1.807, 2.05) is 0 Å². The van der Waals surface area contributed by atoms with Crippen LogP contribution in [0.3, 0.4) is 0 Å². The van der Waals surface area contributed by atoms with Crippen molar-refractivity contribution in [2.24, 2.45) is 0 Å². The summed E-state index contributed by atoms with van der Waals surface area (Å²) < 4.78 is 52.1. The van der Waals surface area contributed by atoms with Gasteiger partial charge in [0.2, 0.25) is 0 Å². The Balaban J connectivity index is 2.45. The number of alkyl halides is 1. The summed E-state index contributed by atoms with van der Waals surface area (Å²) in [6, 6.07) is 5.63. The molecule has 4 heteroatoms. The molecule has 0 saturated heterocycles. The molecule has 0 bridgehead atoms. The Hall–Kier alpha value is -1.58. The largest absolute Gasteiger partial charge is 0.239 e. The molecule has 0 saturated carbocycles. The first-order valence-electron chi connectivity index (χ1n) is 4.74. The van der Waals surface area contributed by atoms with Crippen molar-refractivity contribution in [3.63, 3.8) is 0 Å². The minimum atomic E-state index is -2.03. The average molecular weight is 228 g/mol. The van der Waals surface area contributed by atoms with E-state index in [2.05, 4.69) is 0 Å². The van der Waals surface area contributed by atoms with Gasteiger partial charge in [-0.05, 0) is 17.7 Å². The predicted molar refractivity (Wildman–Crippen MR) is 53.1 cm³/mol. The highest BCUT2D eigenvalue weighted by molar-refractivity contribution is 5.70. The Morgan fingerprint density at radius 1 is 1.06 bits per heavy atom. The maximum Gasteiger partial charge on any atom is 0.170 e. The van der Waals surface area contributed by atoms with Crippen LogP contribution < -0.4 is 0 Å². The third-order valence-electron chi connectivity index (χ3n) is 2.42. The Labute approximate surface area is 89.9 Å². The van der Waals surface area contributed by atoms with Crippen molar-refractivity contribution in [1.29, 1.82) is 0 Å². The summed E-state index contributed by atoms with van der Waals surface area (Å²) in [5, 5.41) is 0. The van der Waals surface area contributed by atoms with Gasteiger partial charge in [0, 0.05) is 12.0 Å². The molecule has 0 N–H and O–H groups in total. The standard InChI is InChI=1S/C12H8F4/c13-9-4-2-1-3-8(9)7-5-10(14)12(16)11(15)6-7/h1-5,11H,6H2. The summed E-state index contributed by atoms with van der Waals surface area (Å²) >= 11 is 0. The molecule has 1 aliphatic rings. The zero-order valence-electron chi connectivity index (χ0n) is 8.18. The smallest absolute Gasteiger partial charge is 0.170 e. The lowest BCUT2D eigenvalue weighted by Crippen LogP contribution is -2.09. The fraction of sp³-hybridized carbons (Fsp3) is 0.167. The number of hydrogen-bond acceptors (Lipinski definition) is 0. The summed E-state index contributed by atoms with van der Waals surface area (Å²) in [7, 11) is 0. The van der Waals surface area contributed by atoms with Crippen LogP contribution in [0.1, 0.15) is 12.0 Å². The molecular formula is C12H8F4. The van der Waals surface area contributed by atoms with Gasteiger partial charge in [0.15, 0.2) is 17.8 Å². The van der Waals surface area contributed by atoms with Gasteiger partial charge >= 0.3 is 0 Å². The van der Waals surface area contributed by atoms with Gasteiger partial charge in [-0.1, -0.05) is 18.2 Å². The van der Waals surface area contributed by atoms with Crippen LogP contribution in [-0.4, -0.2) is 6.17 Å². The van der Waals surface area contributed by atoms with E-state index >= 15 is 0 Å². The van der Waals surface area contributed by atoms with E-state index in [1.54, 1.807) is 6.07 Å². The molecule has 0 nitrogen and oxygen atoms in total. The summed E-state index contributed by atoms with van der Waals surface area (Å²) in [6.07, 6.45) is -1.54. The molecule has 1 aromatic rings. The molecule has 0 heterocycles. The van der Waals surface area contributed by atoms with Crippen molar-refractivity contribution in [2.75, 3.05) is 0 Å². The maximum absolute atomic E-state index is 13.3. The minimum Gasteiger partial charge on any atom is -0.239 e. The van der Waals surface area contributed by atoms with Gasteiger partial charge in [-0.2, -0.15) is 0 Å². The highest BCUT2D eigenvalue weighted by Crippen LogP contribution is 2.34. The fourth-order valence-electron chi connectivity index (χ4n) is 1.62. The van der Waals surface area contributed by atoms with Gasteiger partial charge < -0.3 is 0 Å². The topological polar surface area (TPSA) is 0 Å². The molecule has 84 valence electrons. The van der Waals surface area contributed by atoms with Crippen molar-refractivity contribution >= 4 is 5.57 Å². The van der Waals surface area contributed by atoms with E-state index in [0.717, 1.165) is 6.08 Å². The van der Waals surface area contributed by atoms with Gasteiger partial charge in [0.1, 0.15) is 5.82 Å². The van der Waals surface area contributed by atoms with Crippen molar-refractivity contribution < 1.29 is 17.6 Å². The molecule has 0 spiro atoms. The summed E-state index contributed by atoms with van der Waals surface area (Å²) in [5.41, 5.74) is 0.234. The van der Waals surface area contributed by atoms with Gasteiger partial charge in [-0.25, -0.2) is 17.6 Å².